The molecule has 1 aromatic carbocycles. The van der Waals surface area contributed by atoms with Gasteiger partial charge in [-0.2, -0.15) is 0 Å². The molecule has 112 valence electrons. The number of rotatable bonds is 6. The predicted octanol–water partition coefficient (Wildman–Crippen LogP) is 3.01. The average Bonchev–Trinajstić information content (AvgIpc) is 2.98. The minimum absolute atomic E-state index is 0.0237. The van der Waals surface area contributed by atoms with E-state index in [1.165, 1.54) is 10.9 Å². The number of nitrogens with zero attached hydrogens (tertiary/aromatic N) is 2. The fourth-order valence-electron chi connectivity index (χ4n) is 2.10. The van der Waals surface area contributed by atoms with Crippen molar-refractivity contribution in [2.75, 3.05) is 17.4 Å². The van der Waals surface area contributed by atoms with Crippen molar-refractivity contribution in [2.45, 2.75) is 19.4 Å². The topological polar surface area (TPSA) is 84.4 Å². The van der Waals surface area contributed by atoms with Crippen LogP contribution in [0.2, 0.25) is 0 Å². The van der Waals surface area contributed by atoms with Crippen LogP contribution in [-0.2, 0) is 6.42 Å². The van der Waals surface area contributed by atoms with Crippen LogP contribution in [0.4, 0.5) is 17.1 Å². The molecule has 2 aromatic rings. The Bertz CT molecular complexity index is 615. The molecule has 0 spiro atoms. The van der Waals surface area contributed by atoms with Crippen molar-refractivity contribution in [3.05, 3.63) is 50.7 Å². The molecule has 0 bridgehead atoms. The summed E-state index contributed by atoms with van der Waals surface area (Å²) in [4.78, 5) is 13.9. The predicted molar refractivity (Wildman–Crippen MR) is 86.8 cm³/mol. The normalized spacial score (nSPS) is 12.0. The molecule has 3 N–H and O–H groups in total. The van der Waals surface area contributed by atoms with E-state index in [0.29, 0.717) is 5.69 Å². The van der Waals surface area contributed by atoms with Gasteiger partial charge in [-0.3, -0.25) is 16.0 Å². The zero-order valence-electron chi connectivity index (χ0n) is 11.9. The molecule has 0 aliphatic heterocycles. The third-order valence-corrected chi connectivity index (χ3v) is 4.32. The zero-order valence-corrected chi connectivity index (χ0v) is 12.8. The van der Waals surface area contributed by atoms with Crippen LogP contribution in [0, 0.1) is 10.1 Å². The Morgan fingerprint density at radius 2 is 2.24 bits per heavy atom. The molecule has 1 heterocycles. The van der Waals surface area contributed by atoms with Crippen LogP contribution < -0.4 is 16.2 Å². The van der Waals surface area contributed by atoms with E-state index in [0.717, 1.165) is 12.1 Å². The van der Waals surface area contributed by atoms with Gasteiger partial charge in [0.15, 0.2) is 0 Å². The fourth-order valence-corrected chi connectivity index (χ4v) is 2.93. The Morgan fingerprint density at radius 1 is 1.48 bits per heavy atom. The van der Waals surface area contributed by atoms with E-state index in [-0.39, 0.29) is 11.7 Å². The highest BCUT2D eigenvalue weighted by atomic mass is 32.1. The van der Waals surface area contributed by atoms with Gasteiger partial charge in [-0.25, -0.2) is 0 Å². The van der Waals surface area contributed by atoms with Crippen molar-refractivity contribution < 1.29 is 4.92 Å². The number of likely N-dealkylation sites (N-methyl/N-ethyl adjacent to an activating group) is 1. The lowest BCUT2D eigenvalue weighted by Crippen LogP contribution is -2.30. The van der Waals surface area contributed by atoms with Crippen LogP contribution in [0.3, 0.4) is 0 Å². The lowest BCUT2D eigenvalue weighted by Gasteiger charge is -2.27. The molecule has 0 amide bonds. The van der Waals surface area contributed by atoms with Gasteiger partial charge in [0.05, 0.1) is 10.6 Å². The van der Waals surface area contributed by atoms with Crippen LogP contribution in [-0.4, -0.2) is 18.0 Å². The Kier molecular flexibility index (Phi) is 4.77. The summed E-state index contributed by atoms with van der Waals surface area (Å²) < 4.78 is 0. The second-order valence-corrected chi connectivity index (χ2v) is 5.92. The first-order valence-corrected chi connectivity index (χ1v) is 7.40. The lowest BCUT2D eigenvalue weighted by molar-refractivity contribution is -0.384. The van der Waals surface area contributed by atoms with E-state index in [1.54, 1.807) is 23.5 Å². The molecule has 21 heavy (non-hydrogen) atoms. The molecule has 7 heteroatoms. The van der Waals surface area contributed by atoms with E-state index in [1.807, 2.05) is 23.4 Å². The maximum atomic E-state index is 11.0. The Morgan fingerprint density at radius 3 is 2.81 bits per heavy atom. The first-order valence-electron chi connectivity index (χ1n) is 6.52. The maximum absolute atomic E-state index is 11.0. The summed E-state index contributed by atoms with van der Waals surface area (Å²) in [5.74, 6) is 5.38. The van der Waals surface area contributed by atoms with E-state index in [9.17, 15) is 10.1 Å². The molecule has 1 aromatic heterocycles. The van der Waals surface area contributed by atoms with Gasteiger partial charge in [0, 0.05) is 42.2 Å². The number of nitro benzene ring substituents is 1. The van der Waals surface area contributed by atoms with Crippen molar-refractivity contribution in [2.24, 2.45) is 5.84 Å². The van der Waals surface area contributed by atoms with Gasteiger partial charge in [0.25, 0.3) is 5.69 Å². The highest BCUT2D eigenvalue weighted by Crippen LogP contribution is 2.28. The maximum Gasteiger partial charge on any atom is 0.273 e. The van der Waals surface area contributed by atoms with Crippen molar-refractivity contribution in [3.63, 3.8) is 0 Å². The van der Waals surface area contributed by atoms with Crippen LogP contribution in [0.5, 0.6) is 0 Å². The van der Waals surface area contributed by atoms with Gasteiger partial charge >= 0.3 is 0 Å². The molecule has 1 atom stereocenters. The summed E-state index contributed by atoms with van der Waals surface area (Å²) in [5, 5.41) is 13.0. The van der Waals surface area contributed by atoms with Crippen molar-refractivity contribution >= 4 is 28.4 Å². The van der Waals surface area contributed by atoms with Crippen LogP contribution in [0.1, 0.15) is 11.8 Å². The van der Waals surface area contributed by atoms with E-state index in [2.05, 4.69) is 18.4 Å². The van der Waals surface area contributed by atoms with Crippen LogP contribution in [0.25, 0.3) is 0 Å². The van der Waals surface area contributed by atoms with E-state index in [4.69, 9.17) is 5.84 Å². The highest BCUT2D eigenvalue weighted by molar-refractivity contribution is 7.09. The summed E-state index contributed by atoms with van der Waals surface area (Å²) in [7, 11) is 1.93. The summed E-state index contributed by atoms with van der Waals surface area (Å²) in [6.07, 6.45) is 0.891. The number of hydrogen-bond donors (Lipinski definition) is 2. The van der Waals surface area contributed by atoms with Crippen molar-refractivity contribution in [1.82, 2.24) is 0 Å². The molecule has 2 rings (SSSR count). The molecule has 0 radical (unpaired) electrons. The number of thiophene rings is 1. The summed E-state index contributed by atoms with van der Waals surface area (Å²) in [6.45, 7) is 2.09. The molecule has 0 aliphatic carbocycles. The number of hydrazine groups is 1. The quantitative estimate of drug-likeness (QED) is 0.487. The Hall–Kier alpha value is -2.12. The van der Waals surface area contributed by atoms with Gasteiger partial charge < -0.3 is 10.3 Å². The molecule has 1 unspecified atom stereocenters. The molecule has 0 fully saturated rings. The van der Waals surface area contributed by atoms with Gasteiger partial charge in [0.2, 0.25) is 0 Å². The number of nitrogens with one attached hydrogen (secondary N) is 1. The number of anilines is 2. The van der Waals surface area contributed by atoms with Gasteiger partial charge in [-0.05, 0) is 24.4 Å². The zero-order chi connectivity index (χ0) is 15.4. The highest BCUT2D eigenvalue weighted by Gasteiger charge is 2.16. The molecule has 0 aliphatic rings. The third kappa shape index (κ3) is 3.71. The lowest BCUT2D eigenvalue weighted by atomic mass is 10.1. The number of hydrogen-bond acceptors (Lipinski definition) is 6. The second kappa shape index (κ2) is 6.55. The van der Waals surface area contributed by atoms with E-state index < -0.39 is 4.92 Å². The molecular formula is C14H18N4O2S. The number of benzene rings is 1. The summed E-state index contributed by atoms with van der Waals surface area (Å²) >= 11 is 1.71. The third-order valence-electron chi connectivity index (χ3n) is 3.43. The Balaban J connectivity index is 2.22. The van der Waals surface area contributed by atoms with Gasteiger partial charge in [-0.15, -0.1) is 11.3 Å². The SMILES string of the molecule is CC(Cc1cccs1)N(C)c1cc(NN)cc([N+](=O)[O-])c1. The second-order valence-electron chi connectivity index (χ2n) is 4.88. The Labute approximate surface area is 127 Å². The first kappa shape index (κ1) is 15.3. The first-order chi connectivity index (χ1) is 10.0. The fraction of sp³-hybridized carbons (Fsp3) is 0.286. The van der Waals surface area contributed by atoms with Gasteiger partial charge in [0.1, 0.15) is 0 Å². The van der Waals surface area contributed by atoms with Crippen LogP contribution in [0.15, 0.2) is 35.7 Å². The van der Waals surface area contributed by atoms with Crippen LogP contribution >= 0.6 is 11.3 Å². The van der Waals surface area contributed by atoms with Gasteiger partial charge in [-0.1, -0.05) is 6.07 Å². The number of nitrogens with two attached hydrogens (primary N) is 1. The summed E-state index contributed by atoms with van der Waals surface area (Å²) in [5.41, 5.74) is 3.78. The monoisotopic (exact) mass is 306 g/mol. The molecule has 0 saturated carbocycles. The molecule has 6 nitrogen and oxygen atoms in total. The van der Waals surface area contributed by atoms with Crippen molar-refractivity contribution in [3.8, 4) is 0 Å². The number of nitrogen functional groups attached to an aromatic ring is 1. The number of non-ortho nitro benzene ring substituents is 1. The van der Waals surface area contributed by atoms with Crippen molar-refractivity contribution in [1.29, 1.82) is 0 Å². The average molecular weight is 306 g/mol. The molecular weight excluding hydrogens is 288 g/mol. The molecule has 0 saturated heterocycles. The summed E-state index contributed by atoms with van der Waals surface area (Å²) in [6, 6.07) is 9.12. The van der Waals surface area contributed by atoms with E-state index >= 15 is 0 Å². The minimum atomic E-state index is -0.415. The number of nitro groups is 1. The smallest absolute Gasteiger partial charge is 0.273 e. The minimum Gasteiger partial charge on any atom is -0.371 e. The standard InChI is InChI=1S/C14H18N4O2S/c1-10(6-14-4-3-5-21-14)17(2)12-7-11(16-15)8-13(9-12)18(19)20/h3-5,7-10,16H,6,15H2,1-2H3. The largest absolute Gasteiger partial charge is 0.371 e.